The minimum absolute atomic E-state index is 0.404. The van der Waals surface area contributed by atoms with Crippen molar-refractivity contribution in [1.29, 1.82) is 0 Å². The van der Waals surface area contributed by atoms with Gasteiger partial charge in [0.15, 0.2) is 0 Å². The van der Waals surface area contributed by atoms with Crippen molar-refractivity contribution in [1.82, 2.24) is 0 Å². The minimum Gasteiger partial charge on any atom is -0.489 e. The van der Waals surface area contributed by atoms with E-state index in [1.807, 2.05) is 26.8 Å². The largest absolute Gasteiger partial charge is 0.489 e. The van der Waals surface area contributed by atoms with E-state index in [1.165, 1.54) is 0 Å². The van der Waals surface area contributed by atoms with E-state index >= 15 is 0 Å². The first-order valence-electron chi connectivity index (χ1n) is 6.23. The van der Waals surface area contributed by atoms with Gasteiger partial charge in [0.2, 0.25) is 0 Å². The zero-order valence-electron chi connectivity index (χ0n) is 12.2. The van der Waals surface area contributed by atoms with Crippen LogP contribution in [-0.2, 0) is 9.47 Å². The molecular weight excluding hydrogens is 326 g/mol. The number of methoxy groups -OCH3 is 1. The number of anilines is 1. The highest BCUT2D eigenvalue weighted by Gasteiger charge is 2.17. The maximum absolute atomic E-state index is 11.8. The number of amides is 1. The molecule has 0 aromatic heterocycles. The number of halogens is 1. The molecule has 0 unspecified atom stereocenters. The molecule has 0 aliphatic carbocycles. The zero-order valence-corrected chi connectivity index (χ0v) is 13.7. The Bertz CT molecular complexity index is 457. The molecule has 1 aromatic carbocycles. The molecule has 1 rings (SSSR count). The Kier molecular flexibility index (Phi) is 6.29. The van der Waals surface area contributed by atoms with E-state index in [2.05, 4.69) is 21.2 Å². The lowest BCUT2D eigenvalue weighted by atomic mass is 10.2. The molecule has 1 amide bonds. The normalized spacial score (nSPS) is 11.1. The van der Waals surface area contributed by atoms with Crippen molar-refractivity contribution in [2.24, 2.45) is 0 Å². The van der Waals surface area contributed by atoms with Crippen LogP contribution in [0.2, 0.25) is 0 Å². The molecule has 0 spiro atoms. The van der Waals surface area contributed by atoms with E-state index in [1.54, 1.807) is 19.2 Å². The maximum atomic E-state index is 11.8. The zero-order chi connectivity index (χ0) is 15.2. The topological polar surface area (TPSA) is 56.8 Å². The van der Waals surface area contributed by atoms with Gasteiger partial charge in [-0.1, -0.05) is 15.9 Å². The quantitative estimate of drug-likeness (QED) is 0.824. The first-order valence-corrected chi connectivity index (χ1v) is 7.02. The number of benzene rings is 1. The summed E-state index contributed by atoms with van der Waals surface area (Å²) in [6, 6.07) is 5.36. The third kappa shape index (κ3) is 6.25. The van der Waals surface area contributed by atoms with Crippen LogP contribution < -0.4 is 10.1 Å². The van der Waals surface area contributed by atoms with Gasteiger partial charge in [0.25, 0.3) is 0 Å². The molecular formula is C14H20BrNO4. The van der Waals surface area contributed by atoms with Crippen molar-refractivity contribution in [3.05, 3.63) is 22.7 Å². The molecule has 0 fully saturated rings. The summed E-state index contributed by atoms with van der Waals surface area (Å²) in [7, 11) is 1.60. The lowest BCUT2D eigenvalue weighted by molar-refractivity contribution is 0.0635. The first kappa shape index (κ1) is 16.8. The fourth-order valence-electron chi connectivity index (χ4n) is 1.37. The van der Waals surface area contributed by atoms with Gasteiger partial charge < -0.3 is 14.2 Å². The summed E-state index contributed by atoms with van der Waals surface area (Å²) in [6.45, 7) is 6.31. The number of hydrogen-bond acceptors (Lipinski definition) is 4. The molecule has 20 heavy (non-hydrogen) atoms. The van der Waals surface area contributed by atoms with Crippen molar-refractivity contribution < 1.29 is 19.0 Å². The van der Waals surface area contributed by atoms with Gasteiger partial charge in [0, 0.05) is 11.6 Å². The summed E-state index contributed by atoms with van der Waals surface area (Å²) in [5.74, 6) is 0.566. The van der Waals surface area contributed by atoms with Crippen LogP contribution in [0.3, 0.4) is 0 Å². The number of hydrogen-bond donors (Lipinski definition) is 1. The van der Waals surface area contributed by atoms with Crippen LogP contribution in [0.15, 0.2) is 22.7 Å². The van der Waals surface area contributed by atoms with E-state index in [0.717, 1.165) is 4.47 Å². The molecule has 5 nitrogen and oxygen atoms in total. The molecule has 0 atom stereocenters. The van der Waals surface area contributed by atoms with Crippen molar-refractivity contribution in [2.45, 2.75) is 26.4 Å². The average Bonchev–Trinajstić information content (AvgIpc) is 2.29. The highest BCUT2D eigenvalue weighted by molar-refractivity contribution is 9.10. The van der Waals surface area contributed by atoms with Crippen LogP contribution in [0.4, 0.5) is 10.5 Å². The number of ether oxygens (including phenoxy) is 3. The van der Waals surface area contributed by atoms with Gasteiger partial charge in [0.1, 0.15) is 18.0 Å². The second kappa shape index (κ2) is 7.50. The number of nitrogens with one attached hydrogen (secondary N) is 1. The van der Waals surface area contributed by atoms with E-state index in [-0.39, 0.29) is 0 Å². The van der Waals surface area contributed by atoms with Crippen LogP contribution in [0.1, 0.15) is 20.8 Å². The van der Waals surface area contributed by atoms with Crippen molar-refractivity contribution in [2.75, 3.05) is 25.6 Å². The Labute approximate surface area is 127 Å². The molecule has 1 N–H and O–H groups in total. The lowest BCUT2D eigenvalue weighted by Crippen LogP contribution is -2.27. The molecule has 0 saturated heterocycles. The summed E-state index contributed by atoms with van der Waals surface area (Å²) in [5, 5.41) is 2.68. The fraction of sp³-hybridized carbons (Fsp3) is 0.500. The number of carbonyl (C=O) groups excluding carboxylic acids is 1. The highest BCUT2D eigenvalue weighted by atomic mass is 79.9. The molecule has 112 valence electrons. The van der Waals surface area contributed by atoms with Crippen molar-refractivity contribution >= 4 is 27.7 Å². The van der Waals surface area contributed by atoms with Gasteiger partial charge in [-0.05, 0) is 39.0 Å². The van der Waals surface area contributed by atoms with Gasteiger partial charge in [-0.25, -0.2) is 4.79 Å². The SMILES string of the molecule is COCCOc1ccc(Br)cc1NC(=O)OC(C)(C)C. The summed E-state index contributed by atoms with van der Waals surface area (Å²) in [6.07, 6.45) is -0.521. The third-order valence-electron chi connectivity index (χ3n) is 2.12. The van der Waals surface area contributed by atoms with Crippen LogP contribution >= 0.6 is 15.9 Å². The second-order valence-corrected chi connectivity index (χ2v) is 6.02. The van der Waals surface area contributed by atoms with Crippen molar-refractivity contribution in [3.63, 3.8) is 0 Å². The molecule has 0 bridgehead atoms. The number of carbonyl (C=O) groups is 1. The lowest BCUT2D eigenvalue weighted by Gasteiger charge is -2.20. The highest BCUT2D eigenvalue weighted by Crippen LogP contribution is 2.28. The predicted molar refractivity (Wildman–Crippen MR) is 81.4 cm³/mol. The van der Waals surface area contributed by atoms with Crippen molar-refractivity contribution in [3.8, 4) is 5.75 Å². The average molecular weight is 346 g/mol. The van der Waals surface area contributed by atoms with Crippen LogP contribution in [0.5, 0.6) is 5.75 Å². The van der Waals surface area contributed by atoms with E-state index < -0.39 is 11.7 Å². The first-order chi connectivity index (χ1) is 9.31. The van der Waals surface area contributed by atoms with Gasteiger partial charge in [-0.15, -0.1) is 0 Å². The summed E-state index contributed by atoms with van der Waals surface area (Å²) < 4.78 is 16.5. The molecule has 0 radical (unpaired) electrons. The Morgan fingerprint density at radius 2 is 2.00 bits per heavy atom. The third-order valence-corrected chi connectivity index (χ3v) is 2.62. The molecule has 6 heteroatoms. The summed E-state index contributed by atoms with van der Waals surface area (Å²) in [5.41, 5.74) is -0.00240. The predicted octanol–water partition coefficient (Wildman–Crippen LogP) is 3.82. The molecule has 0 saturated carbocycles. The summed E-state index contributed by atoms with van der Waals surface area (Å²) >= 11 is 3.36. The Hall–Kier alpha value is -1.27. The smallest absolute Gasteiger partial charge is 0.412 e. The minimum atomic E-state index is -0.548. The standard InChI is InChI=1S/C14H20BrNO4/c1-14(2,3)20-13(17)16-11-9-10(15)5-6-12(11)19-8-7-18-4/h5-6,9H,7-8H2,1-4H3,(H,16,17). The van der Waals surface area contributed by atoms with Gasteiger partial charge in [-0.3, -0.25) is 5.32 Å². The maximum Gasteiger partial charge on any atom is 0.412 e. The van der Waals surface area contributed by atoms with Gasteiger partial charge in [-0.2, -0.15) is 0 Å². The Morgan fingerprint density at radius 1 is 1.30 bits per heavy atom. The van der Waals surface area contributed by atoms with Gasteiger partial charge in [0.05, 0.1) is 12.3 Å². The van der Waals surface area contributed by atoms with Gasteiger partial charge >= 0.3 is 6.09 Å². The Morgan fingerprint density at radius 3 is 2.60 bits per heavy atom. The van der Waals surface area contributed by atoms with E-state index in [4.69, 9.17) is 14.2 Å². The molecule has 1 aromatic rings. The van der Waals surface area contributed by atoms with Crippen LogP contribution in [0, 0.1) is 0 Å². The van der Waals surface area contributed by atoms with E-state index in [0.29, 0.717) is 24.7 Å². The fourth-order valence-corrected chi connectivity index (χ4v) is 1.74. The Balaban J connectivity index is 2.76. The molecule has 0 aliphatic heterocycles. The van der Waals surface area contributed by atoms with E-state index in [9.17, 15) is 4.79 Å². The number of rotatable bonds is 5. The monoisotopic (exact) mass is 345 g/mol. The summed E-state index contributed by atoms with van der Waals surface area (Å²) in [4.78, 5) is 11.8. The van der Waals surface area contributed by atoms with Crippen LogP contribution in [-0.4, -0.2) is 32.0 Å². The molecule has 0 aliphatic rings. The van der Waals surface area contributed by atoms with Crippen LogP contribution in [0.25, 0.3) is 0 Å². The second-order valence-electron chi connectivity index (χ2n) is 5.11. The molecule has 0 heterocycles.